The minimum Gasteiger partial charge on any atom is -0.488 e. The van der Waals surface area contributed by atoms with E-state index >= 15 is 0 Å². The molecule has 1 aliphatic rings. The molecular weight excluding hydrogens is 342 g/mol. The molecule has 6 nitrogen and oxygen atoms in total. The average Bonchev–Trinajstić information content (AvgIpc) is 3.22. The molecule has 0 saturated carbocycles. The quantitative estimate of drug-likeness (QED) is 0.729. The number of aryl methyl sites for hydroxylation is 2. The van der Waals surface area contributed by atoms with Gasteiger partial charge in [-0.15, -0.1) is 0 Å². The van der Waals surface area contributed by atoms with E-state index in [9.17, 15) is 9.59 Å². The summed E-state index contributed by atoms with van der Waals surface area (Å²) in [6, 6.07) is 15.6. The Morgan fingerprint density at radius 3 is 2.56 bits per heavy atom. The highest BCUT2D eigenvalue weighted by molar-refractivity contribution is 5.78. The Hall–Kier alpha value is -3.02. The van der Waals surface area contributed by atoms with Gasteiger partial charge in [0.2, 0.25) is 5.91 Å². The highest BCUT2D eigenvalue weighted by atomic mass is 16.5. The van der Waals surface area contributed by atoms with Gasteiger partial charge in [-0.1, -0.05) is 30.3 Å². The van der Waals surface area contributed by atoms with Crippen molar-refractivity contribution in [3.8, 4) is 5.75 Å². The third kappa shape index (κ3) is 3.35. The molecule has 1 aliphatic heterocycles. The largest absolute Gasteiger partial charge is 0.488 e. The maximum absolute atomic E-state index is 12.6. The summed E-state index contributed by atoms with van der Waals surface area (Å²) in [4.78, 5) is 24.9. The topological polar surface area (TPSA) is 65.3 Å². The lowest BCUT2D eigenvalue weighted by Crippen LogP contribution is -2.35. The van der Waals surface area contributed by atoms with Gasteiger partial charge < -0.3 is 10.1 Å². The first kappa shape index (κ1) is 17.4. The van der Waals surface area contributed by atoms with Crippen LogP contribution in [0.5, 0.6) is 5.75 Å². The number of imidazole rings is 1. The Kier molecular flexibility index (Phi) is 4.71. The Morgan fingerprint density at radius 2 is 1.81 bits per heavy atom. The number of rotatable bonds is 6. The second kappa shape index (κ2) is 7.31. The number of hydrogen-bond acceptors (Lipinski definition) is 3. The van der Waals surface area contributed by atoms with E-state index in [4.69, 9.17) is 4.74 Å². The number of benzene rings is 2. The second-order valence-corrected chi connectivity index (χ2v) is 6.77. The van der Waals surface area contributed by atoms with Crippen LogP contribution >= 0.6 is 0 Å². The zero-order chi connectivity index (χ0) is 18.8. The van der Waals surface area contributed by atoms with E-state index in [2.05, 4.69) is 5.32 Å². The minimum absolute atomic E-state index is 0.0314. The van der Waals surface area contributed by atoms with Crippen molar-refractivity contribution in [1.29, 1.82) is 0 Å². The van der Waals surface area contributed by atoms with Crippen LogP contribution in [0.3, 0.4) is 0 Å². The minimum atomic E-state index is -0.0743. The molecule has 1 aromatic heterocycles. The maximum Gasteiger partial charge on any atom is 0.329 e. The summed E-state index contributed by atoms with van der Waals surface area (Å²) in [5.41, 5.74) is 2.88. The van der Waals surface area contributed by atoms with Crippen LogP contribution in [-0.2, 0) is 24.3 Å². The Labute approximate surface area is 157 Å². The van der Waals surface area contributed by atoms with Gasteiger partial charge in [-0.2, -0.15) is 0 Å². The molecule has 1 unspecified atom stereocenters. The summed E-state index contributed by atoms with van der Waals surface area (Å²) >= 11 is 0. The standard InChI is InChI=1S/C21H23N3O3/c1-2-23-17-8-4-5-9-18(17)24(21(23)26)12-11-20(25)22-14-16-13-15-7-3-6-10-19(15)27-16/h3-10,16H,2,11-14H2,1H3,(H,22,25). The third-order valence-electron chi connectivity index (χ3n) is 5.04. The molecular formula is C21H23N3O3. The number of nitrogens with zero attached hydrogens (tertiary/aromatic N) is 2. The number of carbonyl (C=O) groups excluding carboxylic acids is 1. The van der Waals surface area contributed by atoms with Crippen LogP contribution in [-0.4, -0.2) is 27.7 Å². The van der Waals surface area contributed by atoms with Gasteiger partial charge in [0.05, 0.1) is 17.6 Å². The number of amides is 1. The summed E-state index contributed by atoms with van der Waals surface area (Å²) in [6.45, 7) is 3.39. The number of nitrogens with one attached hydrogen (secondary N) is 1. The van der Waals surface area contributed by atoms with Crippen molar-refractivity contribution in [2.24, 2.45) is 0 Å². The lowest BCUT2D eigenvalue weighted by Gasteiger charge is -2.12. The first-order chi connectivity index (χ1) is 13.2. The molecule has 0 bridgehead atoms. The molecule has 140 valence electrons. The fourth-order valence-electron chi connectivity index (χ4n) is 3.69. The Balaban J connectivity index is 1.36. The van der Waals surface area contributed by atoms with Crippen molar-refractivity contribution in [2.45, 2.75) is 39.0 Å². The zero-order valence-electron chi connectivity index (χ0n) is 15.4. The highest BCUT2D eigenvalue weighted by Crippen LogP contribution is 2.27. The van der Waals surface area contributed by atoms with Crippen LogP contribution in [0.2, 0.25) is 0 Å². The Bertz CT molecular complexity index is 1010. The van der Waals surface area contributed by atoms with Crippen LogP contribution < -0.4 is 15.7 Å². The van der Waals surface area contributed by atoms with Crippen molar-refractivity contribution in [3.63, 3.8) is 0 Å². The van der Waals surface area contributed by atoms with Gasteiger partial charge in [-0.25, -0.2) is 4.79 Å². The third-order valence-corrected chi connectivity index (χ3v) is 5.04. The molecule has 1 atom stereocenters. The van der Waals surface area contributed by atoms with Crippen LogP contribution in [0.1, 0.15) is 18.9 Å². The number of fused-ring (bicyclic) bond motifs is 2. The predicted octanol–water partition coefficient (Wildman–Crippen LogP) is 2.33. The van der Waals surface area contributed by atoms with Crippen LogP contribution in [0.4, 0.5) is 0 Å². The van der Waals surface area contributed by atoms with Gasteiger partial charge in [0.25, 0.3) is 0 Å². The molecule has 3 aromatic rings. The second-order valence-electron chi connectivity index (χ2n) is 6.77. The van der Waals surface area contributed by atoms with E-state index in [0.717, 1.165) is 23.2 Å². The van der Waals surface area contributed by atoms with E-state index in [1.165, 1.54) is 5.56 Å². The molecule has 1 amide bonds. The van der Waals surface area contributed by atoms with Gasteiger partial charge in [0.15, 0.2) is 0 Å². The maximum atomic E-state index is 12.6. The molecule has 27 heavy (non-hydrogen) atoms. The summed E-state index contributed by atoms with van der Waals surface area (Å²) in [5, 5.41) is 2.93. The number of carbonyl (C=O) groups is 1. The Morgan fingerprint density at radius 1 is 1.11 bits per heavy atom. The van der Waals surface area contributed by atoms with Crippen LogP contribution in [0.15, 0.2) is 53.3 Å². The van der Waals surface area contributed by atoms with Crippen molar-refractivity contribution >= 4 is 16.9 Å². The molecule has 1 N–H and O–H groups in total. The predicted molar refractivity (Wildman–Crippen MR) is 104 cm³/mol. The lowest BCUT2D eigenvalue weighted by molar-refractivity contribution is -0.121. The smallest absolute Gasteiger partial charge is 0.329 e. The first-order valence-electron chi connectivity index (χ1n) is 9.36. The monoisotopic (exact) mass is 365 g/mol. The first-order valence-corrected chi connectivity index (χ1v) is 9.36. The van der Waals surface area contributed by atoms with E-state index in [-0.39, 0.29) is 24.1 Å². The number of hydrogen-bond donors (Lipinski definition) is 1. The molecule has 2 heterocycles. The molecule has 4 rings (SSSR count). The normalized spacial score (nSPS) is 15.5. The molecule has 0 fully saturated rings. The molecule has 6 heteroatoms. The molecule has 0 spiro atoms. The SMILES string of the molecule is CCn1c(=O)n(CCC(=O)NCC2Cc3ccccc3O2)c2ccccc21. The zero-order valence-corrected chi connectivity index (χ0v) is 15.4. The number of aromatic nitrogens is 2. The van der Waals surface area contributed by atoms with Gasteiger partial charge in [0.1, 0.15) is 11.9 Å². The lowest BCUT2D eigenvalue weighted by atomic mass is 10.1. The van der Waals surface area contributed by atoms with Gasteiger partial charge in [0, 0.05) is 25.9 Å². The molecule has 0 aliphatic carbocycles. The highest BCUT2D eigenvalue weighted by Gasteiger charge is 2.22. The summed E-state index contributed by atoms with van der Waals surface area (Å²) in [5.74, 6) is 0.825. The van der Waals surface area contributed by atoms with E-state index < -0.39 is 0 Å². The van der Waals surface area contributed by atoms with Gasteiger partial charge >= 0.3 is 5.69 Å². The molecule has 0 saturated heterocycles. The fourth-order valence-corrected chi connectivity index (χ4v) is 3.69. The number of para-hydroxylation sites is 3. The van der Waals surface area contributed by atoms with Crippen LogP contribution in [0.25, 0.3) is 11.0 Å². The summed E-state index contributed by atoms with van der Waals surface area (Å²) < 4.78 is 9.26. The van der Waals surface area contributed by atoms with Crippen molar-refractivity contribution in [3.05, 3.63) is 64.6 Å². The van der Waals surface area contributed by atoms with E-state index in [1.807, 2.05) is 55.5 Å². The summed E-state index contributed by atoms with van der Waals surface area (Å²) in [7, 11) is 0. The average molecular weight is 365 g/mol. The number of ether oxygens (including phenoxy) is 1. The summed E-state index contributed by atoms with van der Waals surface area (Å²) in [6.07, 6.45) is 1.04. The fraction of sp³-hybridized carbons (Fsp3) is 0.333. The van der Waals surface area contributed by atoms with Crippen molar-refractivity contribution < 1.29 is 9.53 Å². The van der Waals surface area contributed by atoms with Gasteiger partial charge in [-0.3, -0.25) is 13.9 Å². The van der Waals surface area contributed by atoms with Crippen molar-refractivity contribution in [2.75, 3.05) is 6.54 Å². The van der Waals surface area contributed by atoms with Crippen molar-refractivity contribution in [1.82, 2.24) is 14.5 Å². The van der Waals surface area contributed by atoms with Crippen LogP contribution in [0, 0.1) is 0 Å². The molecule has 2 aromatic carbocycles. The van der Waals surface area contributed by atoms with Gasteiger partial charge in [-0.05, 0) is 30.7 Å². The van der Waals surface area contributed by atoms with E-state index in [1.54, 1.807) is 9.13 Å². The molecule has 0 radical (unpaired) electrons. The van der Waals surface area contributed by atoms with E-state index in [0.29, 0.717) is 19.6 Å².